The van der Waals surface area contributed by atoms with Crippen LogP contribution < -0.4 is 10.4 Å². The zero-order valence-corrected chi connectivity index (χ0v) is 15.5. The highest BCUT2D eigenvalue weighted by molar-refractivity contribution is 9.10. The first-order valence-electron chi connectivity index (χ1n) is 8.31. The van der Waals surface area contributed by atoms with Gasteiger partial charge in [0.15, 0.2) is 5.54 Å². The van der Waals surface area contributed by atoms with Gasteiger partial charge in [-0.3, -0.25) is 10.0 Å². The van der Waals surface area contributed by atoms with E-state index in [0.29, 0.717) is 12.1 Å². The van der Waals surface area contributed by atoms with Crippen molar-refractivity contribution in [1.82, 2.24) is 0 Å². The van der Waals surface area contributed by atoms with Crippen LogP contribution in [0, 0.1) is 0 Å². The van der Waals surface area contributed by atoms with Gasteiger partial charge in [0.05, 0.1) is 5.69 Å². The van der Waals surface area contributed by atoms with E-state index in [0.717, 1.165) is 26.4 Å². The lowest BCUT2D eigenvalue weighted by molar-refractivity contribution is -0.123. The van der Waals surface area contributed by atoms with Crippen molar-refractivity contribution in [3.63, 3.8) is 0 Å². The second-order valence-electron chi connectivity index (χ2n) is 6.31. The van der Waals surface area contributed by atoms with Crippen molar-refractivity contribution in [1.29, 1.82) is 0 Å². The number of fused-ring (bicyclic) bond motifs is 1. The third kappa shape index (κ3) is 2.69. The maximum absolute atomic E-state index is 13.1. The summed E-state index contributed by atoms with van der Waals surface area (Å²) in [5.41, 5.74) is 1.76. The average molecular weight is 409 g/mol. The summed E-state index contributed by atoms with van der Waals surface area (Å²) in [5, 5.41) is 15.2. The Labute approximate surface area is 160 Å². The van der Waals surface area contributed by atoms with Crippen LogP contribution in [0.2, 0.25) is 0 Å². The zero-order chi connectivity index (χ0) is 18.1. The maximum atomic E-state index is 13.1. The molecule has 130 valence electrons. The fourth-order valence-corrected chi connectivity index (χ4v) is 3.94. The smallest absolute Gasteiger partial charge is 0.257 e. The lowest BCUT2D eigenvalue weighted by Crippen LogP contribution is -2.51. The summed E-state index contributed by atoms with van der Waals surface area (Å²) in [7, 11) is 0. The van der Waals surface area contributed by atoms with Gasteiger partial charge in [-0.1, -0.05) is 64.5 Å². The summed E-state index contributed by atoms with van der Waals surface area (Å²) in [6.45, 7) is 0. The van der Waals surface area contributed by atoms with Crippen molar-refractivity contribution in [2.24, 2.45) is 0 Å². The molecule has 1 atom stereocenters. The second kappa shape index (κ2) is 6.59. The van der Waals surface area contributed by atoms with Crippen molar-refractivity contribution < 1.29 is 10.0 Å². The quantitative estimate of drug-likeness (QED) is 0.613. The Kier molecular flexibility index (Phi) is 4.26. The normalized spacial score (nSPS) is 18.3. The van der Waals surface area contributed by atoms with Crippen LogP contribution in [0.5, 0.6) is 0 Å². The van der Waals surface area contributed by atoms with E-state index in [1.807, 2.05) is 66.7 Å². The topological polar surface area (TPSA) is 52.6 Å². The molecule has 5 heteroatoms. The Balaban J connectivity index is 1.89. The number of hydroxylamine groups is 1. The molecule has 4 rings (SSSR count). The van der Waals surface area contributed by atoms with Crippen molar-refractivity contribution in [3.05, 3.63) is 94.5 Å². The molecular formula is C21H17BrN2O2. The molecule has 0 aliphatic carbocycles. The molecule has 0 unspecified atom stereocenters. The average Bonchev–Trinajstić information content (AvgIpc) is 2.94. The number of nitrogens with one attached hydrogen (secondary N) is 1. The number of para-hydroxylation sites is 2. The number of carbonyl (C=O) groups excluding carboxylic acids is 1. The van der Waals surface area contributed by atoms with Crippen LogP contribution in [0.3, 0.4) is 0 Å². The third-order valence-electron chi connectivity index (χ3n) is 4.71. The highest BCUT2D eigenvalue weighted by Crippen LogP contribution is 2.44. The highest BCUT2D eigenvalue weighted by Gasteiger charge is 2.51. The van der Waals surface area contributed by atoms with Crippen LogP contribution in [-0.4, -0.2) is 11.1 Å². The van der Waals surface area contributed by atoms with Crippen molar-refractivity contribution in [3.8, 4) is 0 Å². The van der Waals surface area contributed by atoms with Gasteiger partial charge in [0.25, 0.3) is 5.91 Å². The standard InChI is InChI=1S/C21H17BrN2O2/c22-16-8-6-7-15(13-16)14-21(24(26)17-9-2-1-3-10-17)18-11-4-5-12-19(18)23-20(21)25/h1-13,26H,14H2,(H,23,25)/t21-/m0/s1. The SMILES string of the molecule is O=C1Nc2ccccc2[C@]1(Cc1cccc(Br)c1)N(O)c1ccccc1. The van der Waals surface area contributed by atoms with Gasteiger partial charge in [-0.25, -0.2) is 5.06 Å². The number of anilines is 2. The van der Waals surface area contributed by atoms with E-state index in [1.165, 1.54) is 0 Å². The first-order chi connectivity index (χ1) is 12.6. The van der Waals surface area contributed by atoms with Crippen LogP contribution in [0.4, 0.5) is 11.4 Å². The molecule has 3 aromatic rings. The number of rotatable bonds is 4. The maximum Gasteiger partial charge on any atom is 0.257 e. The second-order valence-corrected chi connectivity index (χ2v) is 7.23. The van der Waals surface area contributed by atoms with Gasteiger partial charge in [0.1, 0.15) is 0 Å². The summed E-state index contributed by atoms with van der Waals surface area (Å²) < 4.78 is 0.932. The minimum Gasteiger partial charge on any atom is -0.323 e. The number of hydrogen-bond donors (Lipinski definition) is 2. The van der Waals surface area contributed by atoms with Gasteiger partial charge >= 0.3 is 0 Å². The molecule has 3 aromatic carbocycles. The number of halogens is 1. The van der Waals surface area contributed by atoms with Gasteiger partial charge < -0.3 is 5.32 Å². The van der Waals surface area contributed by atoms with Crippen LogP contribution in [-0.2, 0) is 16.8 Å². The molecule has 0 saturated carbocycles. The summed E-state index contributed by atoms with van der Waals surface area (Å²) >= 11 is 3.48. The summed E-state index contributed by atoms with van der Waals surface area (Å²) in [6.07, 6.45) is 0.334. The molecule has 0 radical (unpaired) electrons. The van der Waals surface area contributed by atoms with Gasteiger partial charge in [-0.2, -0.15) is 0 Å². The lowest BCUT2D eigenvalue weighted by Gasteiger charge is -2.36. The van der Waals surface area contributed by atoms with E-state index in [-0.39, 0.29) is 5.91 Å². The van der Waals surface area contributed by atoms with Crippen LogP contribution >= 0.6 is 15.9 Å². The third-order valence-corrected chi connectivity index (χ3v) is 5.20. The monoisotopic (exact) mass is 408 g/mol. The van der Waals surface area contributed by atoms with Crippen LogP contribution in [0.15, 0.2) is 83.3 Å². The molecule has 0 bridgehead atoms. The highest BCUT2D eigenvalue weighted by atomic mass is 79.9. The van der Waals surface area contributed by atoms with Crippen LogP contribution in [0.25, 0.3) is 0 Å². The molecule has 0 fully saturated rings. The number of benzene rings is 3. The fraction of sp³-hybridized carbons (Fsp3) is 0.0952. The van der Waals surface area contributed by atoms with Crippen molar-refractivity contribution >= 4 is 33.2 Å². The molecule has 0 saturated heterocycles. The molecule has 1 aliphatic rings. The van der Waals surface area contributed by atoms with Crippen molar-refractivity contribution in [2.75, 3.05) is 10.4 Å². The van der Waals surface area contributed by atoms with E-state index < -0.39 is 5.54 Å². The Bertz CT molecular complexity index is 961. The first kappa shape index (κ1) is 16.8. The van der Waals surface area contributed by atoms with Gasteiger partial charge in [-0.05, 0) is 35.9 Å². The molecule has 0 spiro atoms. The molecule has 2 N–H and O–H groups in total. The molecule has 1 amide bonds. The van der Waals surface area contributed by atoms with Gasteiger partial charge in [-0.15, -0.1) is 0 Å². The van der Waals surface area contributed by atoms with Gasteiger partial charge in [0.2, 0.25) is 0 Å². The van der Waals surface area contributed by atoms with E-state index in [2.05, 4.69) is 21.2 Å². The number of amides is 1. The zero-order valence-electron chi connectivity index (χ0n) is 13.9. The Morgan fingerprint density at radius 3 is 2.46 bits per heavy atom. The summed E-state index contributed by atoms with van der Waals surface area (Å²) in [5.74, 6) is -0.245. The Morgan fingerprint density at radius 1 is 0.962 bits per heavy atom. The first-order valence-corrected chi connectivity index (χ1v) is 9.10. The Hall–Kier alpha value is -2.63. The fourth-order valence-electron chi connectivity index (χ4n) is 3.49. The largest absolute Gasteiger partial charge is 0.323 e. The van der Waals surface area contributed by atoms with Gasteiger partial charge in [0, 0.05) is 22.1 Å². The lowest BCUT2D eigenvalue weighted by atomic mass is 9.84. The molecular weight excluding hydrogens is 392 g/mol. The predicted octanol–water partition coefficient (Wildman–Crippen LogP) is 4.74. The predicted molar refractivity (Wildman–Crippen MR) is 105 cm³/mol. The number of carbonyl (C=O) groups is 1. The number of hydrogen-bond acceptors (Lipinski definition) is 3. The summed E-state index contributed by atoms with van der Waals surface area (Å²) in [4.78, 5) is 13.1. The minimum atomic E-state index is -1.24. The molecule has 0 aromatic heterocycles. The Morgan fingerprint density at radius 2 is 1.69 bits per heavy atom. The molecule has 1 aliphatic heterocycles. The molecule has 4 nitrogen and oxygen atoms in total. The number of nitrogens with zero attached hydrogens (tertiary/aromatic N) is 1. The molecule has 26 heavy (non-hydrogen) atoms. The molecule has 1 heterocycles. The van der Waals surface area contributed by atoms with Crippen LogP contribution in [0.1, 0.15) is 11.1 Å². The van der Waals surface area contributed by atoms with E-state index in [9.17, 15) is 10.0 Å². The van der Waals surface area contributed by atoms with E-state index >= 15 is 0 Å². The van der Waals surface area contributed by atoms with E-state index in [1.54, 1.807) is 12.1 Å². The summed E-state index contributed by atoms with van der Waals surface area (Å²) in [6, 6.07) is 24.4. The van der Waals surface area contributed by atoms with Crippen molar-refractivity contribution in [2.45, 2.75) is 12.0 Å². The van der Waals surface area contributed by atoms with E-state index in [4.69, 9.17) is 0 Å². The minimum absolute atomic E-state index is 0.245.